The highest BCUT2D eigenvalue weighted by Gasteiger charge is 2.06. The van der Waals surface area contributed by atoms with E-state index in [0.29, 0.717) is 24.0 Å². The van der Waals surface area contributed by atoms with Crippen LogP contribution in [0.5, 0.6) is 0 Å². The average molecular weight is 326 g/mol. The molecule has 0 spiro atoms. The number of carbonyl (C=O) groups is 1. The van der Waals surface area contributed by atoms with Gasteiger partial charge in [-0.3, -0.25) is 14.2 Å². The molecule has 7 heteroatoms. The fourth-order valence-corrected chi connectivity index (χ4v) is 2.45. The van der Waals surface area contributed by atoms with Crippen molar-refractivity contribution in [2.45, 2.75) is 25.8 Å². The second kappa shape index (κ2) is 7.54. The second-order valence-corrected chi connectivity index (χ2v) is 5.50. The van der Waals surface area contributed by atoms with Gasteiger partial charge in [0.15, 0.2) is 0 Å². The fraction of sp³-hybridized carbons (Fsp3) is 0.294. The van der Waals surface area contributed by atoms with Gasteiger partial charge in [-0.2, -0.15) is 0 Å². The third kappa shape index (κ3) is 3.87. The maximum atomic E-state index is 12.3. The summed E-state index contributed by atoms with van der Waals surface area (Å²) in [4.78, 5) is 28.4. The van der Waals surface area contributed by atoms with Gasteiger partial charge in [-0.1, -0.05) is 17.3 Å². The highest BCUT2D eigenvalue weighted by molar-refractivity contribution is 5.77. The van der Waals surface area contributed by atoms with Gasteiger partial charge in [0, 0.05) is 25.1 Å². The third-order valence-corrected chi connectivity index (χ3v) is 3.76. The Morgan fingerprint density at radius 3 is 3.00 bits per heavy atom. The Balaban J connectivity index is 1.47. The van der Waals surface area contributed by atoms with Gasteiger partial charge < -0.3 is 9.84 Å². The molecule has 0 saturated carbocycles. The second-order valence-electron chi connectivity index (χ2n) is 5.50. The molecule has 1 N–H and O–H groups in total. The van der Waals surface area contributed by atoms with E-state index in [1.165, 1.54) is 10.9 Å². The highest BCUT2D eigenvalue weighted by Crippen LogP contribution is 2.05. The number of nitrogens with one attached hydrogen (secondary N) is 1. The summed E-state index contributed by atoms with van der Waals surface area (Å²) in [5.41, 5.74) is 1.55. The summed E-state index contributed by atoms with van der Waals surface area (Å²) in [6.07, 6.45) is 6.61. The Morgan fingerprint density at radius 1 is 1.29 bits per heavy atom. The molecule has 2 aromatic heterocycles. The molecular weight excluding hydrogens is 308 g/mol. The Hall–Kier alpha value is -2.96. The minimum absolute atomic E-state index is 0.0830. The molecule has 0 fully saturated rings. The lowest BCUT2D eigenvalue weighted by Gasteiger charge is -2.07. The molecule has 1 amide bonds. The molecule has 0 aliphatic heterocycles. The Bertz CT molecular complexity index is 871. The summed E-state index contributed by atoms with van der Waals surface area (Å²) in [6.45, 7) is 0.892. The van der Waals surface area contributed by atoms with E-state index in [1.54, 1.807) is 30.7 Å². The lowest BCUT2D eigenvalue weighted by Crippen LogP contribution is -2.28. The number of nitrogens with zero attached hydrogens (tertiary/aromatic N) is 3. The van der Waals surface area contributed by atoms with Crippen molar-refractivity contribution in [2.75, 3.05) is 6.54 Å². The number of benzene rings is 1. The number of fused-ring (bicyclic) bond motifs is 1. The van der Waals surface area contributed by atoms with Crippen molar-refractivity contribution in [3.63, 3.8) is 0 Å². The predicted octanol–water partition coefficient (Wildman–Crippen LogP) is 1.52. The van der Waals surface area contributed by atoms with Crippen molar-refractivity contribution in [1.29, 1.82) is 0 Å². The van der Waals surface area contributed by atoms with E-state index in [0.717, 1.165) is 18.4 Å². The van der Waals surface area contributed by atoms with Gasteiger partial charge in [0.05, 0.1) is 23.4 Å². The topological polar surface area (TPSA) is 90.0 Å². The molecule has 0 saturated heterocycles. The molecule has 7 nitrogen and oxygen atoms in total. The van der Waals surface area contributed by atoms with Crippen LogP contribution in [-0.4, -0.2) is 27.2 Å². The van der Waals surface area contributed by atoms with Gasteiger partial charge in [-0.15, -0.1) is 0 Å². The molecule has 0 unspecified atom stereocenters. The minimum atomic E-state index is -0.124. The molecular formula is C17H18N4O3. The molecule has 1 aromatic carbocycles. The maximum Gasteiger partial charge on any atom is 0.261 e. The largest absolute Gasteiger partial charge is 0.364 e. The van der Waals surface area contributed by atoms with Crippen LogP contribution in [0.3, 0.4) is 0 Å². The van der Waals surface area contributed by atoms with Gasteiger partial charge in [0.25, 0.3) is 5.56 Å². The summed E-state index contributed by atoms with van der Waals surface area (Å²) < 4.78 is 6.22. The van der Waals surface area contributed by atoms with E-state index in [4.69, 9.17) is 4.52 Å². The number of amides is 1. The zero-order chi connectivity index (χ0) is 16.8. The van der Waals surface area contributed by atoms with Crippen LogP contribution in [0.15, 0.2) is 52.4 Å². The van der Waals surface area contributed by atoms with Crippen LogP contribution in [-0.2, 0) is 17.8 Å². The van der Waals surface area contributed by atoms with Crippen molar-refractivity contribution >= 4 is 16.8 Å². The van der Waals surface area contributed by atoms with Crippen molar-refractivity contribution < 1.29 is 9.32 Å². The lowest BCUT2D eigenvalue weighted by molar-refractivity contribution is -0.121. The van der Waals surface area contributed by atoms with Crippen LogP contribution in [0.2, 0.25) is 0 Å². The molecule has 0 atom stereocenters. The van der Waals surface area contributed by atoms with Gasteiger partial charge >= 0.3 is 0 Å². The Morgan fingerprint density at radius 2 is 2.17 bits per heavy atom. The van der Waals surface area contributed by atoms with Gasteiger partial charge in [-0.05, 0) is 25.0 Å². The zero-order valence-electron chi connectivity index (χ0n) is 13.1. The van der Waals surface area contributed by atoms with Crippen molar-refractivity contribution in [1.82, 2.24) is 20.0 Å². The quantitative estimate of drug-likeness (QED) is 0.665. The first-order valence-corrected chi connectivity index (χ1v) is 7.83. The van der Waals surface area contributed by atoms with Crippen LogP contribution in [0, 0.1) is 0 Å². The lowest BCUT2D eigenvalue weighted by atomic mass is 10.2. The molecule has 0 aliphatic rings. The first-order valence-electron chi connectivity index (χ1n) is 7.83. The molecule has 3 aromatic rings. The van der Waals surface area contributed by atoms with Crippen molar-refractivity contribution in [3.05, 3.63) is 59.0 Å². The van der Waals surface area contributed by atoms with E-state index in [9.17, 15) is 9.59 Å². The van der Waals surface area contributed by atoms with Crippen LogP contribution >= 0.6 is 0 Å². The third-order valence-electron chi connectivity index (χ3n) is 3.76. The normalized spacial score (nSPS) is 10.8. The van der Waals surface area contributed by atoms with Crippen LogP contribution in [0.25, 0.3) is 10.9 Å². The summed E-state index contributed by atoms with van der Waals surface area (Å²) in [7, 11) is 0. The van der Waals surface area contributed by atoms with E-state index in [2.05, 4.69) is 15.5 Å². The van der Waals surface area contributed by atoms with Gasteiger partial charge in [0.2, 0.25) is 5.91 Å². The zero-order valence-corrected chi connectivity index (χ0v) is 13.1. The number of rotatable bonds is 7. The predicted molar refractivity (Wildman–Crippen MR) is 88.5 cm³/mol. The first kappa shape index (κ1) is 15.9. The van der Waals surface area contributed by atoms with Gasteiger partial charge in [-0.25, -0.2) is 4.98 Å². The fourth-order valence-electron chi connectivity index (χ4n) is 2.45. The Kier molecular flexibility index (Phi) is 5.00. The first-order chi connectivity index (χ1) is 11.7. The summed E-state index contributed by atoms with van der Waals surface area (Å²) in [6, 6.07) is 7.18. The van der Waals surface area contributed by atoms with Gasteiger partial charge in [0.1, 0.15) is 6.26 Å². The highest BCUT2D eigenvalue weighted by atomic mass is 16.5. The Labute approximate surface area is 138 Å². The van der Waals surface area contributed by atoms with E-state index in [-0.39, 0.29) is 17.9 Å². The average Bonchev–Trinajstić information content (AvgIpc) is 3.12. The summed E-state index contributed by atoms with van der Waals surface area (Å²) in [5, 5.41) is 7.04. The molecule has 0 bridgehead atoms. The smallest absolute Gasteiger partial charge is 0.261 e. The monoisotopic (exact) mass is 326 g/mol. The maximum absolute atomic E-state index is 12.3. The van der Waals surface area contributed by atoms with Crippen LogP contribution in [0.1, 0.15) is 18.4 Å². The van der Waals surface area contributed by atoms with E-state index in [1.807, 2.05) is 6.07 Å². The minimum Gasteiger partial charge on any atom is -0.364 e. The SMILES string of the molecule is O=C(CCn1cnc2ccccc2c1=O)NCCCc1cnoc1. The van der Waals surface area contributed by atoms with Crippen molar-refractivity contribution in [3.8, 4) is 0 Å². The van der Waals surface area contributed by atoms with Crippen molar-refractivity contribution in [2.24, 2.45) is 0 Å². The van der Waals surface area contributed by atoms with E-state index >= 15 is 0 Å². The van der Waals surface area contributed by atoms with Crippen LogP contribution < -0.4 is 10.9 Å². The number of aryl methyl sites for hydroxylation is 2. The molecule has 0 aliphatic carbocycles. The standard InChI is InChI=1S/C17H18N4O3/c22-16(18-8-3-4-13-10-20-24-11-13)7-9-21-12-19-15-6-2-1-5-14(15)17(21)23/h1-2,5-6,10-12H,3-4,7-9H2,(H,18,22). The number of aromatic nitrogens is 3. The number of hydrogen-bond acceptors (Lipinski definition) is 5. The summed E-state index contributed by atoms with van der Waals surface area (Å²) >= 11 is 0. The molecule has 3 rings (SSSR count). The number of hydrogen-bond donors (Lipinski definition) is 1. The number of para-hydroxylation sites is 1. The molecule has 2 heterocycles. The summed E-state index contributed by atoms with van der Waals surface area (Å²) in [5.74, 6) is -0.0830. The number of carbonyl (C=O) groups excluding carboxylic acids is 1. The molecule has 24 heavy (non-hydrogen) atoms. The molecule has 124 valence electrons. The molecule has 0 radical (unpaired) electrons. The van der Waals surface area contributed by atoms with E-state index < -0.39 is 0 Å². The van der Waals surface area contributed by atoms with Crippen LogP contribution in [0.4, 0.5) is 0 Å².